The highest BCUT2D eigenvalue weighted by molar-refractivity contribution is 5.82. The molecule has 3 N–H and O–H groups in total. The molecular weight excluding hydrogens is 240 g/mol. The number of ether oxygens (including phenoxy) is 1. The Labute approximate surface area is 115 Å². The van der Waals surface area contributed by atoms with E-state index in [1.807, 2.05) is 30.3 Å². The Morgan fingerprint density at radius 2 is 2.05 bits per heavy atom. The summed E-state index contributed by atoms with van der Waals surface area (Å²) in [5.74, 6) is -0.112. The van der Waals surface area contributed by atoms with Crippen LogP contribution in [0, 0.1) is 0 Å². The molecule has 1 aromatic carbocycles. The smallest absolute Gasteiger partial charge is 0.237 e. The lowest BCUT2D eigenvalue weighted by Gasteiger charge is -2.20. The van der Waals surface area contributed by atoms with Crippen LogP contribution in [-0.2, 0) is 16.0 Å². The minimum Gasteiger partial charge on any atom is -0.383 e. The quantitative estimate of drug-likeness (QED) is 0.747. The van der Waals surface area contributed by atoms with Crippen molar-refractivity contribution < 1.29 is 9.53 Å². The summed E-state index contributed by atoms with van der Waals surface area (Å²) in [5.41, 5.74) is 7.01. The van der Waals surface area contributed by atoms with Crippen LogP contribution in [-0.4, -0.2) is 31.7 Å². The molecule has 4 heteroatoms. The summed E-state index contributed by atoms with van der Waals surface area (Å²) in [7, 11) is 1.64. The van der Waals surface area contributed by atoms with Crippen molar-refractivity contribution in [3.8, 4) is 0 Å². The van der Waals surface area contributed by atoms with E-state index in [9.17, 15) is 4.79 Å². The number of nitrogens with two attached hydrogens (primary N) is 1. The molecule has 0 heterocycles. The van der Waals surface area contributed by atoms with E-state index in [0.29, 0.717) is 13.0 Å². The van der Waals surface area contributed by atoms with Gasteiger partial charge in [-0.25, -0.2) is 0 Å². The summed E-state index contributed by atoms with van der Waals surface area (Å²) < 4.78 is 5.10. The number of benzene rings is 1. The monoisotopic (exact) mass is 264 g/mol. The van der Waals surface area contributed by atoms with E-state index in [0.717, 1.165) is 18.4 Å². The van der Waals surface area contributed by atoms with E-state index in [2.05, 4.69) is 12.2 Å². The molecule has 0 aliphatic heterocycles. The molecule has 0 aliphatic carbocycles. The highest BCUT2D eigenvalue weighted by Gasteiger charge is 2.17. The summed E-state index contributed by atoms with van der Waals surface area (Å²) >= 11 is 0. The SMILES string of the molecule is CCCC(COC)NC(=O)[C@H](N)Cc1ccccc1. The number of rotatable bonds is 8. The maximum Gasteiger partial charge on any atom is 0.237 e. The maximum absolute atomic E-state index is 12.0. The predicted octanol–water partition coefficient (Wildman–Crippen LogP) is 1.49. The number of carbonyl (C=O) groups is 1. The second kappa shape index (κ2) is 8.67. The highest BCUT2D eigenvalue weighted by atomic mass is 16.5. The van der Waals surface area contributed by atoms with Crippen molar-refractivity contribution in [1.29, 1.82) is 0 Å². The molecule has 0 saturated heterocycles. The molecule has 0 radical (unpaired) electrons. The van der Waals surface area contributed by atoms with Crippen molar-refractivity contribution in [2.45, 2.75) is 38.3 Å². The van der Waals surface area contributed by atoms with Gasteiger partial charge in [-0.3, -0.25) is 4.79 Å². The fourth-order valence-corrected chi connectivity index (χ4v) is 2.02. The summed E-state index contributed by atoms with van der Waals surface area (Å²) in [6, 6.07) is 9.33. The number of methoxy groups -OCH3 is 1. The first-order valence-electron chi connectivity index (χ1n) is 6.76. The van der Waals surface area contributed by atoms with Gasteiger partial charge < -0.3 is 15.8 Å². The van der Waals surface area contributed by atoms with E-state index in [1.165, 1.54) is 0 Å². The van der Waals surface area contributed by atoms with Gasteiger partial charge in [0.25, 0.3) is 0 Å². The van der Waals surface area contributed by atoms with Crippen LogP contribution in [0.4, 0.5) is 0 Å². The normalized spacial score (nSPS) is 13.8. The topological polar surface area (TPSA) is 64.3 Å². The summed E-state index contributed by atoms with van der Waals surface area (Å²) in [6.45, 7) is 2.61. The standard InChI is InChI=1S/C15H24N2O2/c1-3-7-13(11-19-2)17-15(18)14(16)10-12-8-5-4-6-9-12/h4-6,8-9,13-14H,3,7,10-11,16H2,1-2H3,(H,17,18)/t13?,14-/m1/s1. The van der Waals surface area contributed by atoms with Gasteiger partial charge in [0.05, 0.1) is 18.7 Å². The molecule has 1 rings (SSSR count). The number of hydrogen-bond donors (Lipinski definition) is 2. The fraction of sp³-hybridized carbons (Fsp3) is 0.533. The van der Waals surface area contributed by atoms with Crippen molar-refractivity contribution in [3.05, 3.63) is 35.9 Å². The Bertz CT molecular complexity index is 362. The second-order valence-electron chi connectivity index (χ2n) is 4.75. The van der Waals surface area contributed by atoms with Crippen LogP contribution in [0.15, 0.2) is 30.3 Å². The van der Waals surface area contributed by atoms with Crippen LogP contribution in [0.25, 0.3) is 0 Å². The first kappa shape index (κ1) is 15.7. The molecule has 0 spiro atoms. The minimum atomic E-state index is -0.515. The second-order valence-corrected chi connectivity index (χ2v) is 4.75. The summed E-state index contributed by atoms with van der Waals surface area (Å²) in [5, 5.41) is 2.95. The molecule has 4 nitrogen and oxygen atoms in total. The molecule has 0 aliphatic rings. The highest BCUT2D eigenvalue weighted by Crippen LogP contribution is 2.03. The van der Waals surface area contributed by atoms with Crippen molar-refractivity contribution in [1.82, 2.24) is 5.32 Å². The Kier molecular flexibility index (Phi) is 7.15. The maximum atomic E-state index is 12.0. The Hall–Kier alpha value is -1.39. The van der Waals surface area contributed by atoms with Gasteiger partial charge in [-0.1, -0.05) is 43.7 Å². The van der Waals surface area contributed by atoms with Crippen molar-refractivity contribution in [2.24, 2.45) is 5.73 Å². The number of amides is 1. The van der Waals surface area contributed by atoms with Gasteiger partial charge in [0.15, 0.2) is 0 Å². The predicted molar refractivity (Wildman–Crippen MR) is 76.8 cm³/mol. The van der Waals surface area contributed by atoms with Crippen molar-refractivity contribution in [3.63, 3.8) is 0 Å². The number of hydrogen-bond acceptors (Lipinski definition) is 3. The summed E-state index contributed by atoms with van der Waals surface area (Å²) in [4.78, 5) is 12.0. The number of carbonyl (C=O) groups excluding carboxylic acids is 1. The molecule has 1 unspecified atom stereocenters. The van der Waals surface area contributed by atoms with Gasteiger partial charge >= 0.3 is 0 Å². The minimum absolute atomic E-state index is 0.0457. The van der Waals surface area contributed by atoms with Crippen LogP contribution in [0.2, 0.25) is 0 Å². The van der Waals surface area contributed by atoms with Gasteiger partial charge in [0.1, 0.15) is 0 Å². The molecule has 0 aromatic heterocycles. The van der Waals surface area contributed by atoms with Crippen LogP contribution >= 0.6 is 0 Å². The van der Waals surface area contributed by atoms with E-state index >= 15 is 0 Å². The van der Waals surface area contributed by atoms with E-state index in [-0.39, 0.29) is 11.9 Å². The first-order valence-corrected chi connectivity index (χ1v) is 6.76. The van der Waals surface area contributed by atoms with Crippen LogP contribution in [0.3, 0.4) is 0 Å². The average molecular weight is 264 g/mol. The molecule has 1 amide bonds. The molecule has 0 bridgehead atoms. The average Bonchev–Trinajstić information content (AvgIpc) is 2.40. The third-order valence-corrected chi connectivity index (χ3v) is 2.99. The Morgan fingerprint density at radius 3 is 2.63 bits per heavy atom. The van der Waals surface area contributed by atoms with E-state index in [1.54, 1.807) is 7.11 Å². The molecular formula is C15H24N2O2. The lowest BCUT2D eigenvalue weighted by Crippen LogP contribution is -2.47. The molecule has 2 atom stereocenters. The fourth-order valence-electron chi connectivity index (χ4n) is 2.02. The van der Waals surface area contributed by atoms with Crippen LogP contribution in [0.1, 0.15) is 25.3 Å². The zero-order chi connectivity index (χ0) is 14.1. The lowest BCUT2D eigenvalue weighted by molar-refractivity contribution is -0.123. The zero-order valence-electron chi connectivity index (χ0n) is 11.8. The van der Waals surface area contributed by atoms with Gasteiger partial charge in [-0.2, -0.15) is 0 Å². The lowest BCUT2D eigenvalue weighted by atomic mass is 10.1. The van der Waals surface area contributed by atoms with Gasteiger partial charge in [0.2, 0.25) is 5.91 Å². The molecule has 1 aromatic rings. The Balaban J connectivity index is 2.47. The van der Waals surface area contributed by atoms with Gasteiger partial charge in [-0.05, 0) is 18.4 Å². The first-order chi connectivity index (χ1) is 9.17. The van der Waals surface area contributed by atoms with Gasteiger partial charge in [0, 0.05) is 7.11 Å². The van der Waals surface area contributed by atoms with Crippen molar-refractivity contribution >= 4 is 5.91 Å². The largest absolute Gasteiger partial charge is 0.383 e. The van der Waals surface area contributed by atoms with E-state index in [4.69, 9.17) is 10.5 Å². The van der Waals surface area contributed by atoms with Crippen molar-refractivity contribution in [2.75, 3.05) is 13.7 Å². The van der Waals surface area contributed by atoms with Crippen LogP contribution < -0.4 is 11.1 Å². The van der Waals surface area contributed by atoms with E-state index < -0.39 is 6.04 Å². The third-order valence-electron chi connectivity index (χ3n) is 2.99. The molecule has 19 heavy (non-hydrogen) atoms. The zero-order valence-corrected chi connectivity index (χ0v) is 11.8. The van der Waals surface area contributed by atoms with Crippen LogP contribution in [0.5, 0.6) is 0 Å². The summed E-state index contributed by atoms with van der Waals surface area (Å²) in [6.07, 6.45) is 2.46. The third kappa shape index (κ3) is 5.85. The molecule has 0 fully saturated rings. The molecule has 106 valence electrons. The Morgan fingerprint density at radius 1 is 1.37 bits per heavy atom. The number of nitrogens with one attached hydrogen (secondary N) is 1. The van der Waals surface area contributed by atoms with Gasteiger partial charge in [-0.15, -0.1) is 0 Å². The molecule has 0 saturated carbocycles.